The summed E-state index contributed by atoms with van der Waals surface area (Å²) < 4.78 is 2.08. The topological polar surface area (TPSA) is 43.3 Å². The number of nitrogens with zero attached hydrogens (tertiary/aromatic N) is 2. The minimum Gasteiger partial charge on any atom is -0.325 e. The van der Waals surface area contributed by atoms with Crippen molar-refractivity contribution in [3.63, 3.8) is 0 Å². The summed E-state index contributed by atoms with van der Waals surface area (Å²) in [5, 5.41) is 1.02. The van der Waals surface area contributed by atoms with E-state index in [2.05, 4.69) is 22.6 Å². The quantitative estimate of drug-likeness (QED) is 0.805. The number of benzene rings is 1. The molecule has 0 saturated heterocycles. The monoisotopic (exact) mass is 295 g/mol. The van der Waals surface area contributed by atoms with E-state index in [1.54, 1.807) is 11.8 Å². The second-order valence-corrected chi connectivity index (χ2v) is 6.44. The number of aromatic nitrogens is 2. The number of imidazole rings is 1. The van der Waals surface area contributed by atoms with Gasteiger partial charge >= 0.3 is 0 Å². The van der Waals surface area contributed by atoms with Gasteiger partial charge in [0, 0.05) is 17.6 Å². The van der Waals surface area contributed by atoms with Gasteiger partial charge < -0.3 is 10.1 Å². The first-order chi connectivity index (χ1) is 10.3. The van der Waals surface area contributed by atoms with Crippen LogP contribution >= 0.6 is 11.8 Å². The number of rotatable bonds is 3. The molecule has 1 aromatic carbocycles. The Bertz CT molecular complexity index is 807. The van der Waals surface area contributed by atoms with Crippen LogP contribution in [0.15, 0.2) is 52.5 Å². The smallest absolute Gasteiger partial charge is 0.138 e. The lowest BCUT2D eigenvalue weighted by Crippen LogP contribution is -2.01. The van der Waals surface area contributed by atoms with E-state index >= 15 is 0 Å². The maximum absolute atomic E-state index is 5.93. The van der Waals surface area contributed by atoms with Crippen LogP contribution < -0.4 is 5.73 Å². The van der Waals surface area contributed by atoms with Crippen molar-refractivity contribution >= 4 is 17.4 Å². The highest BCUT2D eigenvalue weighted by Crippen LogP contribution is 2.33. The molecule has 0 atom stereocenters. The van der Waals surface area contributed by atoms with Crippen molar-refractivity contribution in [1.29, 1.82) is 0 Å². The third kappa shape index (κ3) is 2.24. The van der Waals surface area contributed by atoms with Crippen LogP contribution in [0.3, 0.4) is 0 Å². The Morgan fingerprint density at radius 3 is 2.95 bits per heavy atom. The van der Waals surface area contributed by atoms with Crippen LogP contribution in [-0.4, -0.2) is 9.38 Å². The van der Waals surface area contributed by atoms with Gasteiger partial charge in [-0.05, 0) is 54.7 Å². The molecular weight excluding hydrogens is 278 g/mol. The Kier molecular flexibility index (Phi) is 3.20. The van der Waals surface area contributed by atoms with Gasteiger partial charge in [-0.1, -0.05) is 23.9 Å². The second-order valence-electron chi connectivity index (χ2n) is 5.38. The molecule has 0 radical (unpaired) electrons. The van der Waals surface area contributed by atoms with E-state index in [1.165, 1.54) is 35.3 Å². The minimum absolute atomic E-state index is 0.498. The van der Waals surface area contributed by atoms with Gasteiger partial charge in [0.2, 0.25) is 0 Å². The average Bonchev–Trinajstić information content (AvgIpc) is 3.10. The number of hydrogen-bond acceptors (Lipinski definition) is 3. The molecule has 0 amide bonds. The lowest BCUT2D eigenvalue weighted by molar-refractivity contribution is 0.911. The number of fused-ring (bicyclic) bond motifs is 2. The van der Waals surface area contributed by atoms with Gasteiger partial charge in [0.25, 0.3) is 0 Å². The molecule has 1 aliphatic rings. The summed E-state index contributed by atoms with van der Waals surface area (Å²) in [6.45, 7) is 0.498. The van der Waals surface area contributed by atoms with Gasteiger partial charge in [0.05, 0.1) is 5.69 Å². The Morgan fingerprint density at radius 2 is 2.05 bits per heavy atom. The first-order valence-corrected chi connectivity index (χ1v) is 8.12. The molecule has 4 rings (SSSR count). The van der Waals surface area contributed by atoms with Crippen LogP contribution in [0, 0.1) is 0 Å². The molecule has 0 aliphatic heterocycles. The van der Waals surface area contributed by atoms with Gasteiger partial charge in [-0.2, -0.15) is 0 Å². The summed E-state index contributed by atoms with van der Waals surface area (Å²) in [4.78, 5) is 5.98. The van der Waals surface area contributed by atoms with Crippen molar-refractivity contribution in [2.45, 2.75) is 35.7 Å². The van der Waals surface area contributed by atoms with Crippen molar-refractivity contribution in [2.75, 3.05) is 0 Å². The lowest BCUT2D eigenvalue weighted by atomic mass is 10.1. The van der Waals surface area contributed by atoms with Crippen molar-refractivity contribution in [3.8, 4) is 0 Å². The fourth-order valence-electron chi connectivity index (χ4n) is 3.02. The maximum Gasteiger partial charge on any atom is 0.138 e. The molecule has 0 saturated carbocycles. The van der Waals surface area contributed by atoms with Crippen molar-refractivity contribution in [2.24, 2.45) is 5.73 Å². The zero-order valence-corrected chi connectivity index (χ0v) is 12.6. The third-order valence-corrected chi connectivity index (χ3v) is 5.08. The fourth-order valence-corrected chi connectivity index (χ4v) is 4.01. The normalized spacial score (nSPS) is 13.8. The summed E-state index contributed by atoms with van der Waals surface area (Å²) in [6.07, 6.45) is 5.74. The van der Waals surface area contributed by atoms with E-state index in [0.717, 1.165) is 16.4 Å². The van der Waals surface area contributed by atoms with Crippen LogP contribution in [0.5, 0.6) is 0 Å². The molecule has 106 valence electrons. The van der Waals surface area contributed by atoms with Crippen LogP contribution in [0.1, 0.15) is 23.2 Å². The molecule has 2 aromatic heterocycles. The molecule has 1 aliphatic carbocycles. The zero-order chi connectivity index (χ0) is 14.2. The molecule has 0 spiro atoms. The summed E-state index contributed by atoms with van der Waals surface area (Å²) in [7, 11) is 0. The number of nitrogens with two attached hydrogens (primary N) is 1. The van der Waals surface area contributed by atoms with E-state index in [1.807, 2.05) is 24.4 Å². The maximum atomic E-state index is 5.93. The molecule has 3 nitrogen and oxygen atoms in total. The predicted octanol–water partition coefficient (Wildman–Crippen LogP) is 3.43. The number of hydrogen-bond donors (Lipinski definition) is 1. The van der Waals surface area contributed by atoms with Crippen molar-refractivity contribution < 1.29 is 0 Å². The second kappa shape index (κ2) is 5.20. The molecule has 0 fully saturated rings. The standard InChI is InChI=1S/C17H17N3S/c18-11-15-17(19-16-6-1-2-9-20(15)16)21-14-8-7-12-4-3-5-13(12)10-14/h1-2,6-10H,3-5,11,18H2. The highest BCUT2D eigenvalue weighted by Gasteiger charge is 2.14. The van der Waals surface area contributed by atoms with E-state index in [4.69, 9.17) is 10.7 Å². The lowest BCUT2D eigenvalue weighted by Gasteiger charge is -2.05. The molecular formula is C17H17N3S. The van der Waals surface area contributed by atoms with Crippen LogP contribution in [0.25, 0.3) is 5.65 Å². The average molecular weight is 295 g/mol. The van der Waals surface area contributed by atoms with Crippen molar-refractivity contribution in [1.82, 2.24) is 9.38 Å². The van der Waals surface area contributed by atoms with Gasteiger partial charge in [-0.3, -0.25) is 0 Å². The van der Waals surface area contributed by atoms with E-state index in [0.29, 0.717) is 6.54 Å². The summed E-state index contributed by atoms with van der Waals surface area (Å²) in [6, 6.07) is 12.8. The Labute approximate surface area is 128 Å². The highest BCUT2D eigenvalue weighted by atomic mass is 32.2. The van der Waals surface area contributed by atoms with Crippen molar-refractivity contribution in [3.05, 3.63) is 59.4 Å². The molecule has 4 heteroatoms. The Morgan fingerprint density at radius 1 is 1.14 bits per heavy atom. The first kappa shape index (κ1) is 12.9. The molecule has 2 heterocycles. The molecule has 0 bridgehead atoms. The van der Waals surface area contributed by atoms with Gasteiger partial charge in [0.15, 0.2) is 0 Å². The first-order valence-electron chi connectivity index (χ1n) is 7.31. The van der Waals surface area contributed by atoms with Gasteiger partial charge in [-0.15, -0.1) is 0 Å². The molecule has 3 aromatic rings. The number of aryl methyl sites for hydroxylation is 2. The van der Waals surface area contributed by atoms with E-state index in [-0.39, 0.29) is 0 Å². The Balaban J connectivity index is 1.74. The summed E-state index contributed by atoms with van der Waals surface area (Å²) in [5.74, 6) is 0. The van der Waals surface area contributed by atoms with E-state index in [9.17, 15) is 0 Å². The molecule has 0 unspecified atom stereocenters. The van der Waals surface area contributed by atoms with Gasteiger partial charge in [0.1, 0.15) is 10.7 Å². The Hall–Kier alpha value is -1.78. The van der Waals surface area contributed by atoms with Crippen LogP contribution in [-0.2, 0) is 19.4 Å². The molecule has 21 heavy (non-hydrogen) atoms. The highest BCUT2D eigenvalue weighted by molar-refractivity contribution is 7.99. The van der Waals surface area contributed by atoms with Crippen LogP contribution in [0.4, 0.5) is 0 Å². The number of pyridine rings is 1. The third-order valence-electron chi connectivity index (χ3n) is 4.07. The fraction of sp³-hybridized carbons (Fsp3) is 0.235. The van der Waals surface area contributed by atoms with Crippen LogP contribution in [0.2, 0.25) is 0 Å². The zero-order valence-electron chi connectivity index (χ0n) is 11.7. The van der Waals surface area contributed by atoms with E-state index < -0.39 is 0 Å². The largest absolute Gasteiger partial charge is 0.325 e. The molecule has 2 N–H and O–H groups in total. The predicted molar refractivity (Wildman–Crippen MR) is 85.7 cm³/mol. The summed E-state index contributed by atoms with van der Waals surface area (Å²) >= 11 is 1.72. The minimum atomic E-state index is 0.498. The van der Waals surface area contributed by atoms with Gasteiger partial charge in [-0.25, -0.2) is 4.98 Å². The summed E-state index contributed by atoms with van der Waals surface area (Å²) in [5.41, 5.74) is 11.0. The SMILES string of the molecule is NCc1c(Sc2ccc3c(c2)CCC3)nc2ccccn12.